The first-order chi connectivity index (χ1) is 11.2. The summed E-state index contributed by atoms with van der Waals surface area (Å²) in [6, 6.07) is 9.45. The van der Waals surface area contributed by atoms with Gasteiger partial charge in [0.2, 0.25) is 0 Å². The van der Waals surface area contributed by atoms with Crippen molar-refractivity contribution in [3.05, 3.63) is 41.2 Å². The lowest BCUT2D eigenvalue weighted by atomic mass is 9.98. The number of likely N-dealkylation sites (tertiary alicyclic amines) is 1. The van der Waals surface area contributed by atoms with Gasteiger partial charge in [-0.25, -0.2) is 0 Å². The summed E-state index contributed by atoms with van der Waals surface area (Å²) >= 11 is 0. The second-order valence-electron chi connectivity index (χ2n) is 6.50. The van der Waals surface area contributed by atoms with Crippen molar-refractivity contribution in [2.75, 3.05) is 20.2 Å². The normalized spacial score (nSPS) is 17.3. The summed E-state index contributed by atoms with van der Waals surface area (Å²) in [6.07, 6.45) is 4.04. The van der Waals surface area contributed by atoms with Crippen LogP contribution in [0.5, 0.6) is 0 Å². The molecule has 3 rings (SSSR count). The van der Waals surface area contributed by atoms with Crippen LogP contribution in [0.1, 0.15) is 49.2 Å². The Labute approximate surface area is 138 Å². The Morgan fingerprint density at radius 3 is 2.52 bits per heavy atom. The number of piperidine rings is 1. The largest absolute Gasteiger partial charge is 0.378 e. The van der Waals surface area contributed by atoms with Crippen LogP contribution in [0.2, 0.25) is 0 Å². The molecule has 4 nitrogen and oxygen atoms in total. The molecule has 0 amide bonds. The lowest BCUT2D eigenvalue weighted by Gasteiger charge is -2.32. The number of nitrogens with one attached hydrogen (secondary N) is 1. The molecule has 0 bridgehead atoms. The van der Waals surface area contributed by atoms with Crippen LogP contribution in [0.4, 0.5) is 0 Å². The van der Waals surface area contributed by atoms with E-state index in [1.807, 2.05) is 0 Å². The van der Waals surface area contributed by atoms with Gasteiger partial charge in [0.1, 0.15) is 0 Å². The van der Waals surface area contributed by atoms with E-state index < -0.39 is 0 Å². The molecule has 0 saturated carbocycles. The van der Waals surface area contributed by atoms with Gasteiger partial charge in [0.25, 0.3) is 0 Å². The molecule has 0 spiro atoms. The number of H-pyrrole nitrogens is 1. The van der Waals surface area contributed by atoms with E-state index in [2.05, 4.69) is 53.2 Å². The van der Waals surface area contributed by atoms with Crippen LogP contribution in [-0.2, 0) is 11.3 Å². The first-order valence-corrected chi connectivity index (χ1v) is 8.58. The minimum atomic E-state index is 0.494. The fraction of sp³-hybridized carbons (Fsp3) is 0.526. The maximum Gasteiger partial charge on any atom is 0.0960 e. The Morgan fingerprint density at radius 1 is 1.17 bits per heavy atom. The summed E-state index contributed by atoms with van der Waals surface area (Å²) in [4.78, 5) is 2.60. The van der Waals surface area contributed by atoms with Gasteiger partial charge in [-0.3, -0.25) is 10.00 Å². The van der Waals surface area contributed by atoms with Crippen molar-refractivity contribution in [1.29, 1.82) is 0 Å². The van der Waals surface area contributed by atoms with Gasteiger partial charge >= 0.3 is 0 Å². The molecule has 1 aliphatic heterocycles. The molecule has 0 unspecified atom stereocenters. The third kappa shape index (κ3) is 3.48. The molecule has 1 aromatic carbocycles. The highest BCUT2D eigenvalue weighted by molar-refractivity contribution is 5.68. The van der Waals surface area contributed by atoms with Crippen LogP contribution in [0.15, 0.2) is 24.3 Å². The van der Waals surface area contributed by atoms with Gasteiger partial charge in [0.05, 0.1) is 12.3 Å². The molecule has 1 N–H and O–H groups in total. The number of nitrogens with zero attached hydrogens (tertiary/aromatic N) is 2. The third-order valence-corrected chi connectivity index (χ3v) is 4.92. The molecule has 0 aliphatic carbocycles. The van der Waals surface area contributed by atoms with E-state index in [1.54, 1.807) is 7.11 Å². The quantitative estimate of drug-likeness (QED) is 0.904. The van der Waals surface area contributed by atoms with Crippen molar-refractivity contribution < 1.29 is 4.74 Å². The molecule has 2 aromatic rings. The molecule has 23 heavy (non-hydrogen) atoms. The molecule has 0 radical (unpaired) electrons. The molecule has 4 heteroatoms. The van der Waals surface area contributed by atoms with Crippen molar-refractivity contribution >= 4 is 0 Å². The zero-order chi connectivity index (χ0) is 16.2. The fourth-order valence-electron chi connectivity index (χ4n) is 3.55. The Morgan fingerprint density at radius 2 is 1.87 bits per heavy atom. The topological polar surface area (TPSA) is 41.1 Å². The standard InChI is InChI=1S/C19H27N3O/c1-14-19(18(13-23-3)21-20-14)17-9-7-16(8-10-17)15(2)22-11-5-4-6-12-22/h7-10,15H,4-6,11-13H2,1-3H3,(H,20,21)/t15-/m1/s1. The molecule has 1 saturated heterocycles. The van der Waals surface area contributed by atoms with Crippen LogP contribution in [0.3, 0.4) is 0 Å². The maximum absolute atomic E-state index is 5.26. The SMILES string of the molecule is COCc1n[nH]c(C)c1-c1ccc([C@@H](C)N2CCCCC2)cc1. The maximum atomic E-state index is 5.26. The predicted molar refractivity (Wildman–Crippen MR) is 93.3 cm³/mol. The minimum absolute atomic E-state index is 0.494. The highest BCUT2D eigenvalue weighted by atomic mass is 16.5. The molecular weight excluding hydrogens is 286 g/mol. The van der Waals surface area contributed by atoms with Crippen molar-refractivity contribution in [2.45, 2.75) is 45.8 Å². The van der Waals surface area contributed by atoms with E-state index in [1.165, 1.54) is 49.0 Å². The van der Waals surface area contributed by atoms with Gasteiger partial charge in [0.15, 0.2) is 0 Å². The first-order valence-electron chi connectivity index (χ1n) is 8.58. The summed E-state index contributed by atoms with van der Waals surface area (Å²) in [7, 11) is 1.71. The van der Waals surface area contributed by atoms with E-state index in [-0.39, 0.29) is 0 Å². The zero-order valence-electron chi connectivity index (χ0n) is 14.4. The van der Waals surface area contributed by atoms with Gasteiger partial charge in [-0.1, -0.05) is 30.7 Å². The molecular formula is C19H27N3O. The number of aromatic nitrogens is 2. The number of hydrogen-bond acceptors (Lipinski definition) is 3. The lowest BCUT2D eigenvalue weighted by Crippen LogP contribution is -2.32. The van der Waals surface area contributed by atoms with Crippen molar-refractivity contribution in [3.63, 3.8) is 0 Å². The summed E-state index contributed by atoms with van der Waals surface area (Å²) in [5.41, 5.74) is 5.84. The smallest absolute Gasteiger partial charge is 0.0960 e. The molecule has 2 heterocycles. The van der Waals surface area contributed by atoms with Crippen LogP contribution in [0, 0.1) is 6.92 Å². The van der Waals surface area contributed by atoms with Crippen molar-refractivity contribution in [1.82, 2.24) is 15.1 Å². The van der Waals surface area contributed by atoms with Gasteiger partial charge in [-0.05, 0) is 50.9 Å². The lowest BCUT2D eigenvalue weighted by molar-refractivity contribution is 0.175. The highest BCUT2D eigenvalue weighted by Crippen LogP contribution is 2.29. The van der Waals surface area contributed by atoms with E-state index >= 15 is 0 Å². The van der Waals surface area contributed by atoms with Crippen molar-refractivity contribution in [2.24, 2.45) is 0 Å². The Bertz CT molecular complexity index is 627. The van der Waals surface area contributed by atoms with Gasteiger partial charge in [-0.2, -0.15) is 5.10 Å². The monoisotopic (exact) mass is 313 g/mol. The Balaban J connectivity index is 1.80. The Hall–Kier alpha value is -1.65. The van der Waals surface area contributed by atoms with Gasteiger partial charge in [-0.15, -0.1) is 0 Å². The number of rotatable bonds is 5. The van der Waals surface area contributed by atoms with Crippen LogP contribution < -0.4 is 0 Å². The van der Waals surface area contributed by atoms with E-state index in [9.17, 15) is 0 Å². The molecule has 1 atom stereocenters. The van der Waals surface area contributed by atoms with Gasteiger partial charge < -0.3 is 4.74 Å². The number of hydrogen-bond donors (Lipinski definition) is 1. The number of benzene rings is 1. The minimum Gasteiger partial charge on any atom is -0.378 e. The molecule has 1 fully saturated rings. The average molecular weight is 313 g/mol. The van der Waals surface area contributed by atoms with Gasteiger partial charge in [0, 0.05) is 24.4 Å². The van der Waals surface area contributed by atoms with Crippen molar-refractivity contribution in [3.8, 4) is 11.1 Å². The second kappa shape index (κ2) is 7.28. The average Bonchev–Trinajstić information content (AvgIpc) is 2.96. The molecule has 1 aliphatic rings. The number of methoxy groups -OCH3 is 1. The summed E-state index contributed by atoms with van der Waals surface area (Å²) in [6.45, 7) is 7.36. The van der Waals surface area contributed by atoms with Crippen LogP contribution in [0.25, 0.3) is 11.1 Å². The van der Waals surface area contributed by atoms with E-state index in [0.29, 0.717) is 12.6 Å². The summed E-state index contributed by atoms with van der Waals surface area (Å²) in [5.74, 6) is 0. The molecule has 1 aromatic heterocycles. The molecule has 124 valence electrons. The van der Waals surface area contributed by atoms with Crippen LogP contribution in [-0.4, -0.2) is 35.3 Å². The second-order valence-corrected chi connectivity index (χ2v) is 6.50. The summed E-state index contributed by atoms with van der Waals surface area (Å²) < 4.78 is 5.26. The van der Waals surface area contributed by atoms with Crippen LogP contribution >= 0.6 is 0 Å². The number of ether oxygens (including phenoxy) is 1. The van der Waals surface area contributed by atoms with E-state index in [4.69, 9.17) is 4.74 Å². The van der Waals surface area contributed by atoms with E-state index in [0.717, 1.165) is 11.4 Å². The zero-order valence-corrected chi connectivity index (χ0v) is 14.4. The predicted octanol–water partition coefficient (Wildman–Crippen LogP) is 4.08. The Kier molecular flexibility index (Phi) is 5.13. The highest BCUT2D eigenvalue weighted by Gasteiger charge is 2.18. The fourth-order valence-corrected chi connectivity index (χ4v) is 3.55. The number of aryl methyl sites for hydroxylation is 1. The third-order valence-electron chi connectivity index (χ3n) is 4.92. The number of aromatic amines is 1. The summed E-state index contributed by atoms with van der Waals surface area (Å²) in [5, 5.41) is 7.43. The first kappa shape index (κ1) is 16.2.